The second-order valence-corrected chi connectivity index (χ2v) is 7.74. The van der Waals surface area contributed by atoms with Crippen molar-refractivity contribution in [1.29, 1.82) is 0 Å². The van der Waals surface area contributed by atoms with E-state index >= 15 is 0 Å². The fourth-order valence-electron chi connectivity index (χ4n) is 3.73. The number of hydrogen-bond donors (Lipinski definition) is 0. The van der Waals surface area contributed by atoms with E-state index in [0.29, 0.717) is 21.2 Å². The van der Waals surface area contributed by atoms with Gasteiger partial charge in [-0.2, -0.15) is 0 Å². The van der Waals surface area contributed by atoms with E-state index in [2.05, 4.69) is 15.9 Å². The molecule has 0 bridgehead atoms. The lowest BCUT2D eigenvalue weighted by atomic mass is 9.82. The summed E-state index contributed by atoms with van der Waals surface area (Å²) in [6.45, 7) is 0. The Morgan fingerprint density at radius 1 is 0.667 bits per heavy atom. The molecule has 5 heteroatoms. The van der Waals surface area contributed by atoms with Crippen molar-refractivity contribution in [2.24, 2.45) is 0 Å². The normalized spacial score (nSPS) is 12.4. The zero-order valence-corrected chi connectivity index (χ0v) is 17.1. The number of hydrogen-bond acceptors (Lipinski definition) is 4. The SMILES string of the molecule is O=C(c1ccccc1)c1oc(-c2ccccc2Br)c2c1C(=O)c1ccccc1C2=O. The van der Waals surface area contributed by atoms with E-state index in [1.165, 1.54) is 0 Å². The smallest absolute Gasteiger partial charge is 0.229 e. The van der Waals surface area contributed by atoms with Crippen molar-refractivity contribution in [2.45, 2.75) is 0 Å². The third-order valence-electron chi connectivity index (χ3n) is 5.14. The van der Waals surface area contributed by atoms with Crippen LogP contribution in [0.15, 0.2) is 87.8 Å². The Kier molecular flexibility index (Phi) is 4.33. The first-order chi connectivity index (χ1) is 14.6. The average molecular weight is 457 g/mol. The van der Waals surface area contributed by atoms with E-state index in [1.807, 2.05) is 12.1 Å². The molecule has 0 saturated carbocycles. The van der Waals surface area contributed by atoms with Gasteiger partial charge in [-0.05, 0) is 6.07 Å². The fraction of sp³-hybridized carbons (Fsp3) is 0. The second kappa shape index (κ2) is 7.04. The van der Waals surface area contributed by atoms with Gasteiger partial charge < -0.3 is 4.42 Å². The van der Waals surface area contributed by atoms with Crippen LogP contribution >= 0.6 is 15.9 Å². The molecule has 0 amide bonds. The molecular weight excluding hydrogens is 444 g/mol. The maximum atomic E-state index is 13.4. The average Bonchev–Trinajstić information content (AvgIpc) is 3.19. The highest BCUT2D eigenvalue weighted by Crippen LogP contribution is 2.41. The topological polar surface area (TPSA) is 64.3 Å². The van der Waals surface area contributed by atoms with Crippen molar-refractivity contribution in [2.75, 3.05) is 0 Å². The molecule has 0 fully saturated rings. The van der Waals surface area contributed by atoms with E-state index in [4.69, 9.17) is 4.42 Å². The lowest BCUT2D eigenvalue weighted by molar-refractivity contribution is 0.0968. The third kappa shape index (κ3) is 2.70. The molecule has 0 atom stereocenters. The zero-order chi connectivity index (χ0) is 20.8. The van der Waals surface area contributed by atoms with E-state index < -0.39 is 5.78 Å². The Balaban J connectivity index is 1.82. The molecule has 1 aliphatic carbocycles. The molecule has 1 heterocycles. The molecule has 4 aromatic rings. The van der Waals surface area contributed by atoms with E-state index in [1.54, 1.807) is 66.7 Å². The van der Waals surface area contributed by atoms with Crippen LogP contribution in [0.1, 0.15) is 48.0 Å². The maximum Gasteiger partial charge on any atom is 0.229 e. The molecule has 0 unspecified atom stereocenters. The molecular formula is C25H13BrO4. The number of carbonyl (C=O) groups is 3. The van der Waals surface area contributed by atoms with Gasteiger partial charge in [-0.1, -0.05) is 88.7 Å². The number of carbonyl (C=O) groups excluding carboxylic acids is 3. The number of benzene rings is 3. The zero-order valence-electron chi connectivity index (χ0n) is 15.5. The quantitative estimate of drug-likeness (QED) is 0.326. The summed E-state index contributed by atoms with van der Waals surface area (Å²) in [6, 6.07) is 22.4. The van der Waals surface area contributed by atoms with Crippen LogP contribution < -0.4 is 0 Å². The Morgan fingerprint density at radius 2 is 1.20 bits per heavy atom. The Hall–Kier alpha value is -3.57. The highest BCUT2D eigenvalue weighted by molar-refractivity contribution is 9.10. The fourth-order valence-corrected chi connectivity index (χ4v) is 4.19. The predicted octanol–water partition coefficient (Wildman–Crippen LogP) is 5.72. The summed E-state index contributed by atoms with van der Waals surface area (Å²) >= 11 is 3.48. The molecule has 5 rings (SSSR count). The largest absolute Gasteiger partial charge is 0.451 e. The van der Waals surface area contributed by atoms with Gasteiger partial charge in [0.05, 0.1) is 11.1 Å². The monoisotopic (exact) mass is 456 g/mol. The Bertz CT molecular complexity index is 1350. The van der Waals surface area contributed by atoms with Crippen LogP contribution in [0.3, 0.4) is 0 Å². The minimum Gasteiger partial charge on any atom is -0.451 e. The van der Waals surface area contributed by atoms with Gasteiger partial charge in [-0.25, -0.2) is 0 Å². The van der Waals surface area contributed by atoms with Crippen molar-refractivity contribution in [3.8, 4) is 11.3 Å². The number of furan rings is 1. The lowest BCUT2D eigenvalue weighted by Gasteiger charge is -2.15. The molecule has 3 aromatic carbocycles. The van der Waals surface area contributed by atoms with Crippen LogP contribution in [-0.4, -0.2) is 17.3 Å². The highest BCUT2D eigenvalue weighted by Gasteiger charge is 2.40. The number of fused-ring (bicyclic) bond motifs is 2. The molecule has 0 N–H and O–H groups in total. The number of ketones is 3. The lowest BCUT2D eigenvalue weighted by Crippen LogP contribution is -2.22. The molecule has 0 aliphatic heterocycles. The van der Waals surface area contributed by atoms with Crippen molar-refractivity contribution in [3.05, 3.63) is 117 Å². The summed E-state index contributed by atoms with van der Waals surface area (Å²) in [4.78, 5) is 40.0. The Labute approximate surface area is 180 Å². The molecule has 30 heavy (non-hydrogen) atoms. The number of halogens is 1. The van der Waals surface area contributed by atoms with Gasteiger partial charge in [-0.15, -0.1) is 0 Å². The van der Waals surface area contributed by atoms with Crippen molar-refractivity contribution < 1.29 is 18.8 Å². The standard InChI is InChI=1S/C25H13BrO4/c26-18-13-7-6-12-17(18)24-19-20(23(29)16-11-5-4-10-15(16)22(19)28)25(30-24)21(27)14-8-2-1-3-9-14/h1-13H. The number of rotatable bonds is 3. The van der Waals surface area contributed by atoms with Gasteiger partial charge in [0.15, 0.2) is 17.3 Å². The van der Waals surface area contributed by atoms with E-state index in [-0.39, 0.29) is 39.8 Å². The summed E-state index contributed by atoms with van der Waals surface area (Å²) < 4.78 is 6.70. The van der Waals surface area contributed by atoms with Crippen LogP contribution in [0.5, 0.6) is 0 Å². The maximum absolute atomic E-state index is 13.4. The minimum atomic E-state index is -0.439. The molecule has 0 saturated heterocycles. The van der Waals surface area contributed by atoms with E-state index in [0.717, 1.165) is 0 Å². The van der Waals surface area contributed by atoms with Gasteiger partial charge >= 0.3 is 0 Å². The van der Waals surface area contributed by atoms with Gasteiger partial charge in [0.2, 0.25) is 5.78 Å². The van der Waals surface area contributed by atoms with Gasteiger partial charge in [-0.3, -0.25) is 14.4 Å². The van der Waals surface area contributed by atoms with Crippen LogP contribution in [0.25, 0.3) is 11.3 Å². The molecule has 1 aromatic heterocycles. The highest BCUT2D eigenvalue weighted by atomic mass is 79.9. The summed E-state index contributed by atoms with van der Waals surface area (Å²) in [7, 11) is 0. The summed E-state index contributed by atoms with van der Waals surface area (Å²) in [6.07, 6.45) is 0. The molecule has 0 spiro atoms. The first kappa shape index (κ1) is 18.5. The molecule has 144 valence electrons. The molecule has 0 radical (unpaired) electrons. The summed E-state index contributed by atoms with van der Waals surface area (Å²) in [5, 5.41) is 0. The van der Waals surface area contributed by atoms with Crippen molar-refractivity contribution >= 4 is 33.3 Å². The minimum absolute atomic E-state index is 0.0262. The van der Waals surface area contributed by atoms with Crippen LogP contribution in [0, 0.1) is 0 Å². The first-order valence-corrected chi connectivity index (χ1v) is 10.1. The predicted molar refractivity (Wildman–Crippen MR) is 115 cm³/mol. The van der Waals surface area contributed by atoms with Gasteiger partial charge in [0.1, 0.15) is 5.76 Å². The summed E-state index contributed by atoms with van der Waals surface area (Å²) in [5.41, 5.74) is 1.72. The molecule has 4 nitrogen and oxygen atoms in total. The third-order valence-corrected chi connectivity index (χ3v) is 5.83. The summed E-state index contributed by atoms with van der Waals surface area (Å²) in [5.74, 6) is -1.06. The van der Waals surface area contributed by atoms with Crippen LogP contribution in [0.2, 0.25) is 0 Å². The Morgan fingerprint density at radius 3 is 1.83 bits per heavy atom. The van der Waals surface area contributed by atoms with Crippen molar-refractivity contribution in [1.82, 2.24) is 0 Å². The van der Waals surface area contributed by atoms with Gasteiger partial charge in [0, 0.05) is 26.7 Å². The molecule has 1 aliphatic rings. The second-order valence-electron chi connectivity index (χ2n) is 6.89. The van der Waals surface area contributed by atoms with E-state index in [9.17, 15) is 14.4 Å². The van der Waals surface area contributed by atoms with Crippen LogP contribution in [-0.2, 0) is 0 Å². The first-order valence-electron chi connectivity index (χ1n) is 9.27. The van der Waals surface area contributed by atoms with Crippen molar-refractivity contribution in [3.63, 3.8) is 0 Å². The van der Waals surface area contributed by atoms with Gasteiger partial charge in [0.25, 0.3) is 0 Å². The van der Waals surface area contributed by atoms with Crippen LogP contribution in [0.4, 0.5) is 0 Å².